The molecule has 1 fully saturated rings. The Morgan fingerprint density at radius 2 is 1.89 bits per heavy atom. The van der Waals surface area contributed by atoms with E-state index in [1.165, 1.54) is 16.7 Å². The van der Waals surface area contributed by atoms with Crippen molar-refractivity contribution < 1.29 is 9.59 Å². The highest BCUT2D eigenvalue weighted by molar-refractivity contribution is 8.26. The summed E-state index contributed by atoms with van der Waals surface area (Å²) < 4.78 is 0.542. The van der Waals surface area contributed by atoms with Crippen LogP contribution in [0.15, 0.2) is 41.8 Å². The number of aldehydes is 1. The van der Waals surface area contributed by atoms with Gasteiger partial charge in [-0.2, -0.15) is 0 Å². The van der Waals surface area contributed by atoms with Crippen molar-refractivity contribution in [3.8, 4) is 0 Å². The summed E-state index contributed by atoms with van der Waals surface area (Å²) in [5.74, 6) is -0.102. The lowest BCUT2D eigenvalue weighted by Gasteiger charge is -2.10. The number of amides is 1. The molecule has 1 aliphatic heterocycles. The number of carbonyl (C=O) groups is 2. The van der Waals surface area contributed by atoms with Crippen molar-refractivity contribution >= 4 is 46.6 Å². The van der Waals surface area contributed by atoms with E-state index in [9.17, 15) is 9.59 Å². The van der Waals surface area contributed by atoms with E-state index in [1.807, 2.05) is 0 Å². The first-order valence-corrected chi connectivity index (χ1v) is 6.79. The Bertz CT molecular complexity index is 576. The zero-order valence-electron chi connectivity index (χ0n) is 10.0. The van der Waals surface area contributed by atoms with E-state index in [0.29, 0.717) is 21.3 Å². The fourth-order valence-electron chi connectivity index (χ4n) is 1.61. The van der Waals surface area contributed by atoms with Gasteiger partial charge < -0.3 is 0 Å². The lowest BCUT2D eigenvalue weighted by molar-refractivity contribution is -0.121. The number of hydrogen-bond donors (Lipinski definition) is 0. The summed E-state index contributed by atoms with van der Waals surface area (Å²) in [5, 5.41) is 0. The molecule has 0 radical (unpaired) electrons. The van der Waals surface area contributed by atoms with Crippen molar-refractivity contribution in [3.05, 3.63) is 53.0 Å². The van der Waals surface area contributed by atoms with Crippen LogP contribution < -0.4 is 0 Å². The van der Waals surface area contributed by atoms with Gasteiger partial charge in [0, 0.05) is 12.1 Å². The second-order valence-corrected chi connectivity index (χ2v) is 5.54. The van der Waals surface area contributed by atoms with Crippen LogP contribution >= 0.6 is 24.0 Å². The molecule has 0 atom stereocenters. The molecule has 19 heavy (non-hydrogen) atoms. The maximum Gasteiger partial charge on any atom is 0.266 e. The number of benzene rings is 1. The lowest BCUT2D eigenvalue weighted by Crippen LogP contribution is -2.27. The summed E-state index contributed by atoms with van der Waals surface area (Å²) in [6.07, 6.45) is 4.21. The minimum absolute atomic E-state index is 0.102. The molecule has 0 N–H and O–H groups in total. The van der Waals surface area contributed by atoms with Crippen LogP contribution in [0.3, 0.4) is 0 Å². The summed E-state index contributed by atoms with van der Waals surface area (Å²) in [5.41, 5.74) is 1.47. The second-order valence-electron chi connectivity index (χ2n) is 3.87. The molecule has 1 amide bonds. The summed E-state index contributed by atoms with van der Waals surface area (Å²) in [7, 11) is 0. The fraction of sp³-hybridized carbons (Fsp3) is 0.0714. The summed E-state index contributed by atoms with van der Waals surface area (Å²) in [4.78, 5) is 24.7. The van der Waals surface area contributed by atoms with Crippen molar-refractivity contribution in [3.63, 3.8) is 0 Å². The predicted molar refractivity (Wildman–Crippen MR) is 81.9 cm³/mol. The number of hydrogen-bond acceptors (Lipinski definition) is 4. The van der Waals surface area contributed by atoms with Crippen LogP contribution in [0.4, 0.5) is 0 Å². The molecule has 5 heteroatoms. The van der Waals surface area contributed by atoms with E-state index in [4.69, 9.17) is 12.2 Å². The van der Waals surface area contributed by atoms with E-state index < -0.39 is 0 Å². The van der Waals surface area contributed by atoms with Gasteiger partial charge in [-0.15, -0.1) is 6.58 Å². The van der Waals surface area contributed by atoms with Crippen LogP contribution in [0.5, 0.6) is 0 Å². The normalized spacial score (nSPS) is 17.1. The minimum Gasteiger partial charge on any atom is -0.298 e. The summed E-state index contributed by atoms with van der Waals surface area (Å²) in [6.45, 7) is 4.03. The first kappa shape index (κ1) is 13.7. The van der Waals surface area contributed by atoms with Crippen molar-refractivity contribution in [2.75, 3.05) is 6.54 Å². The number of thioether (sulfide) groups is 1. The Morgan fingerprint density at radius 3 is 2.47 bits per heavy atom. The number of nitrogens with zero attached hydrogens (tertiary/aromatic N) is 1. The monoisotopic (exact) mass is 289 g/mol. The Hall–Kier alpha value is -1.72. The lowest BCUT2D eigenvalue weighted by atomic mass is 10.1. The van der Waals surface area contributed by atoms with Crippen LogP contribution in [0, 0.1) is 0 Å². The fourth-order valence-corrected chi connectivity index (χ4v) is 2.88. The van der Waals surface area contributed by atoms with Crippen LogP contribution in [0.2, 0.25) is 0 Å². The van der Waals surface area contributed by atoms with E-state index in [1.54, 1.807) is 36.4 Å². The predicted octanol–water partition coefficient (Wildman–Crippen LogP) is 2.89. The molecule has 3 nitrogen and oxygen atoms in total. The standard InChI is InChI=1S/C14H11NO2S2/c1-2-7-15-13(17)12(19-14(15)18)8-10-3-5-11(9-16)6-4-10/h2-6,8-9H,1,7H2/b12-8+. The molecule has 0 saturated carbocycles. The van der Waals surface area contributed by atoms with Crippen molar-refractivity contribution in [1.82, 2.24) is 4.90 Å². The molecule has 0 unspecified atom stereocenters. The highest BCUT2D eigenvalue weighted by atomic mass is 32.2. The maximum absolute atomic E-state index is 12.1. The zero-order valence-corrected chi connectivity index (χ0v) is 11.7. The smallest absolute Gasteiger partial charge is 0.266 e. The van der Waals surface area contributed by atoms with Gasteiger partial charge >= 0.3 is 0 Å². The summed E-state index contributed by atoms with van der Waals surface area (Å²) >= 11 is 6.43. The highest BCUT2D eigenvalue weighted by Crippen LogP contribution is 2.32. The molecular weight excluding hydrogens is 278 g/mol. The van der Waals surface area contributed by atoms with Gasteiger partial charge in [0.15, 0.2) is 0 Å². The van der Waals surface area contributed by atoms with E-state index in [2.05, 4.69) is 6.58 Å². The second kappa shape index (κ2) is 5.95. The minimum atomic E-state index is -0.102. The van der Waals surface area contributed by atoms with E-state index >= 15 is 0 Å². The quantitative estimate of drug-likeness (QED) is 0.370. The van der Waals surface area contributed by atoms with Crippen LogP contribution in [-0.2, 0) is 4.79 Å². The molecule has 1 aliphatic rings. The third kappa shape index (κ3) is 3.00. The SMILES string of the molecule is C=CCN1C(=O)/C(=C\c2ccc(C=O)cc2)SC1=S. The van der Waals surface area contributed by atoms with Gasteiger partial charge in [0.1, 0.15) is 10.6 Å². The van der Waals surface area contributed by atoms with Crippen LogP contribution in [0.25, 0.3) is 6.08 Å². The molecule has 1 aromatic rings. The third-order valence-corrected chi connectivity index (χ3v) is 3.93. The molecule has 1 heterocycles. The Kier molecular flexibility index (Phi) is 4.29. The number of carbonyl (C=O) groups excluding carboxylic acids is 2. The Morgan fingerprint density at radius 1 is 1.26 bits per heavy atom. The molecule has 2 rings (SSSR count). The van der Waals surface area contributed by atoms with E-state index in [-0.39, 0.29) is 5.91 Å². The molecule has 0 aromatic heterocycles. The first-order valence-electron chi connectivity index (χ1n) is 5.57. The molecular formula is C14H11NO2S2. The van der Waals surface area contributed by atoms with Crippen molar-refractivity contribution in [1.29, 1.82) is 0 Å². The van der Waals surface area contributed by atoms with Gasteiger partial charge in [0.2, 0.25) is 0 Å². The van der Waals surface area contributed by atoms with E-state index in [0.717, 1.165) is 11.8 Å². The zero-order chi connectivity index (χ0) is 13.8. The average molecular weight is 289 g/mol. The highest BCUT2D eigenvalue weighted by Gasteiger charge is 2.30. The molecule has 0 spiro atoms. The van der Waals surface area contributed by atoms with Gasteiger partial charge in [-0.3, -0.25) is 14.5 Å². The van der Waals surface area contributed by atoms with Gasteiger partial charge in [0.05, 0.1) is 4.91 Å². The molecule has 96 valence electrons. The molecule has 1 aromatic carbocycles. The topological polar surface area (TPSA) is 37.4 Å². The van der Waals surface area contributed by atoms with Gasteiger partial charge in [0.25, 0.3) is 5.91 Å². The number of thiocarbonyl (C=S) groups is 1. The molecule has 0 bridgehead atoms. The Balaban J connectivity index is 2.24. The van der Waals surface area contributed by atoms with Gasteiger partial charge in [-0.05, 0) is 11.6 Å². The summed E-state index contributed by atoms with van der Waals surface area (Å²) in [6, 6.07) is 7.01. The van der Waals surface area contributed by atoms with Crippen molar-refractivity contribution in [2.24, 2.45) is 0 Å². The van der Waals surface area contributed by atoms with Crippen molar-refractivity contribution in [2.45, 2.75) is 0 Å². The molecule has 1 saturated heterocycles. The molecule has 0 aliphatic carbocycles. The van der Waals surface area contributed by atoms with Gasteiger partial charge in [-0.25, -0.2) is 0 Å². The maximum atomic E-state index is 12.1. The van der Waals surface area contributed by atoms with Crippen LogP contribution in [0.1, 0.15) is 15.9 Å². The third-order valence-electron chi connectivity index (χ3n) is 2.56. The largest absolute Gasteiger partial charge is 0.298 e. The van der Waals surface area contributed by atoms with Gasteiger partial charge in [-0.1, -0.05) is 54.3 Å². The average Bonchev–Trinajstić information content (AvgIpc) is 2.68. The van der Waals surface area contributed by atoms with Crippen LogP contribution in [-0.4, -0.2) is 28.0 Å². The first-order chi connectivity index (χ1) is 9.15. The Labute approximate surface area is 121 Å². The number of rotatable bonds is 4.